The number of amides is 1. The van der Waals surface area contributed by atoms with Crippen LogP contribution in [0.1, 0.15) is 11.1 Å². The summed E-state index contributed by atoms with van der Waals surface area (Å²) in [5.41, 5.74) is 8.03. The maximum Gasteiger partial charge on any atom is 0.227 e. The van der Waals surface area contributed by atoms with Crippen LogP contribution in [0.15, 0.2) is 53.6 Å². The Labute approximate surface area is 160 Å². The minimum Gasteiger partial charge on any atom is -0.493 e. The topological polar surface area (TPSA) is 87.3 Å². The number of primary amides is 1. The molecule has 0 radical (unpaired) electrons. The van der Waals surface area contributed by atoms with Crippen LogP contribution >= 0.6 is 11.8 Å². The number of nitrogens with zero attached hydrogens (tertiary/aromatic N) is 2. The van der Waals surface area contributed by atoms with Gasteiger partial charge in [-0.15, -0.1) is 0 Å². The molecule has 0 fully saturated rings. The van der Waals surface area contributed by atoms with Crippen molar-refractivity contribution >= 4 is 17.7 Å². The number of carbonyl (C=O) groups is 1. The largest absolute Gasteiger partial charge is 0.493 e. The van der Waals surface area contributed by atoms with Crippen LogP contribution < -0.4 is 15.2 Å². The van der Waals surface area contributed by atoms with Crippen LogP contribution in [0, 0.1) is 0 Å². The fraction of sp³-hybridized carbons (Fsp3) is 0.150. The molecule has 2 aromatic carbocycles. The molecule has 0 unspecified atom stereocenters. The van der Waals surface area contributed by atoms with Crippen LogP contribution in [0.2, 0.25) is 0 Å². The van der Waals surface area contributed by atoms with E-state index in [-0.39, 0.29) is 5.75 Å². The number of benzene rings is 2. The van der Waals surface area contributed by atoms with E-state index in [0.717, 1.165) is 16.7 Å². The van der Waals surface area contributed by atoms with Gasteiger partial charge in [0.25, 0.3) is 0 Å². The summed E-state index contributed by atoms with van der Waals surface area (Å²) in [4.78, 5) is 20.6. The number of fused-ring (bicyclic) bond motifs is 2. The Kier molecular flexibility index (Phi) is 4.68. The second-order valence-corrected chi connectivity index (χ2v) is 6.95. The molecule has 27 heavy (non-hydrogen) atoms. The maximum atomic E-state index is 11.3. The molecule has 0 atom stereocenters. The van der Waals surface area contributed by atoms with Crippen molar-refractivity contribution in [3.8, 4) is 28.8 Å². The highest BCUT2D eigenvalue weighted by molar-refractivity contribution is 7.99. The normalized spacial score (nSPS) is 11.9. The molecular formula is C20H17N3O3S. The summed E-state index contributed by atoms with van der Waals surface area (Å²) >= 11 is 1.30. The first kappa shape index (κ1) is 17.4. The first-order chi connectivity index (χ1) is 13.2. The fourth-order valence-corrected chi connectivity index (χ4v) is 3.68. The molecule has 0 bridgehead atoms. The van der Waals surface area contributed by atoms with E-state index in [1.807, 2.05) is 48.5 Å². The molecule has 2 N–H and O–H groups in total. The summed E-state index contributed by atoms with van der Waals surface area (Å²) in [6.07, 6.45) is 0.595. The monoisotopic (exact) mass is 379 g/mol. The number of hydrogen-bond acceptors (Lipinski definition) is 6. The third kappa shape index (κ3) is 3.46. The standard InChI is InChI=1S/C20H17N3O3S/c1-25-15-9-5-8-13-10-14-19(26-17(13)15)22-18(12-6-3-2-4-7-12)23-20(14)27-11-16(21)24/h2-9H,10-11H2,1H3,(H2,21,24). The predicted molar refractivity (Wildman–Crippen MR) is 103 cm³/mol. The molecule has 1 aliphatic rings. The zero-order valence-electron chi connectivity index (χ0n) is 14.6. The first-order valence-corrected chi connectivity index (χ1v) is 9.35. The lowest BCUT2D eigenvalue weighted by Gasteiger charge is -2.23. The zero-order valence-corrected chi connectivity index (χ0v) is 15.5. The number of para-hydroxylation sites is 1. The van der Waals surface area contributed by atoms with Gasteiger partial charge in [0.1, 0.15) is 5.03 Å². The van der Waals surface area contributed by atoms with Crippen molar-refractivity contribution < 1.29 is 14.3 Å². The lowest BCUT2D eigenvalue weighted by molar-refractivity contribution is -0.115. The van der Waals surface area contributed by atoms with Crippen molar-refractivity contribution in [2.45, 2.75) is 11.4 Å². The Morgan fingerprint density at radius 3 is 2.74 bits per heavy atom. The molecule has 7 heteroatoms. The second kappa shape index (κ2) is 7.28. The highest BCUT2D eigenvalue weighted by Gasteiger charge is 2.26. The summed E-state index contributed by atoms with van der Waals surface area (Å²) in [5.74, 6) is 2.09. The Morgan fingerprint density at radius 2 is 2.00 bits per heavy atom. The average molecular weight is 379 g/mol. The van der Waals surface area contributed by atoms with Gasteiger partial charge in [0.15, 0.2) is 17.3 Å². The Bertz CT molecular complexity index is 1010. The number of nitrogens with two attached hydrogens (primary N) is 1. The van der Waals surface area contributed by atoms with E-state index in [2.05, 4.69) is 9.97 Å². The van der Waals surface area contributed by atoms with Crippen LogP contribution in [0.25, 0.3) is 11.4 Å². The van der Waals surface area contributed by atoms with Crippen LogP contribution in [0.3, 0.4) is 0 Å². The van der Waals surface area contributed by atoms with Crippen molar-refractivity contribution in [1.29, 1.82) is 0 Å². The number of carbonyl (C=O) groups excluding carboxylic acids is 1. The summed E-state index contributed by atoms with van der Waals surface area (Å²) < 4.78 is 11.5. The third-order valence-corrected chi connectivity index (χ3v) is 5.20. The molecule has 2 heterocycles. The van der Waals surface area contributed by atoms with E-state index in [1.165, 1.54) is 11.8 Å². The molecule has 6 nitrogen and oxygen atoms in total. The highest BCUT2D eigenvalue weighted by Crippen LogP contribution is 2.44. The van der Waals surface area contributed by atoms with Gasteiger partial charge in [-0.3, -0.25) is 4.79 Å². The van der Waals surface area contributed by atoms with Gasteiger partial charge < -0.3 is 15.2 Å². The average Bonchev–Trinajstić information content (AvgIpc) is 2.70. The molecule has 0 aliphatic carbocycles. The number of rotatable bonds is 5. The smallest absolute Gasteiger partial charge is 0.227 e. The summed E-state index contributed by atoms with van der Waals surface area (Å²) in [6, 6.07) is 15.4. The van der Waals surface area contributed by atoms with Crippen molar-refractivity contribution in [2.24, 2.45) is 5.73 Å². The van der Waals surface area contributed by atoms with Gasteiger partial charge in [-0.05, 0) is 6.07 Å². The predicted octanol–water partition coefficient (Wildman–Crippen LogP) is 3.43. The van der Waals surface area contributed by atoms with E-state index in [1.54, 1.807) is 7.11 Å². The minimum absolute atomic E-state index is 0.142. The van der Waals surface area contributed by atoms with Gasteiger partial charge in [0.05, 0.1) is 18.4 Å². The highest BCUT2D eigenvalue weighted by atomic mass is 32.2. The van der Waals surface area contributed by atoms with Crippen molar-refractivity contribution in [1.82, 2.24) is 9.97 Å². The van der Waals surface area contributed by atoms with Gasteiger partial charge in [-0.25, -0.2) is 4.98 Å². The van der Waals surface area contributed by atoms with E-state index in [9.17, 15) is 4.79 Å². The minimum atomic E-state index is -0.396. The molecule has 1 aliphatic heterocycles. The molecular weight excluding hydrogens is 362 g/mol. The number of methoxy groups -OCH3 is 1. The molecule has 1 aromatic heterocycles. The Balaban J connectivity index is 1.82. The van der Waals surface area contributed by atoms with Crippen LogP contribution in [-0.2, 0) is 11.2 Å². The van der Waals surface area contributed by atoms with E-state index >= 15 is 0 Å². The number of thioether (sulfide) groups is 1. The number of hydrogen-bond donors (Lipinski definition) is 1. The lowest BCUT2D eigenvalue weighted by atomic mass is 10.0. The van der Waals surface area contributed by atoms with E-state index in [4.69, 9.17) is 15.2 Å². The first-order valence-electron chi connectivity index (χ1n) is 8.37. The molecule has 1 amide bonds. The summed E-state index contributed by atoms with van der Waals surface area (Å²) in [7, 11) is 1.61. The van der Waals surface area contributed by atoms with Crippen molar-refractivity contribution in [3.05, 3.63) is 59.7 Å². The Morgan fingerprint density at radius 1 is 1.19 bits per heavy atom. The summed E-state index contributed by atoms with van der Waals surface area (Å²) in [5, 5.41) is 0.700. The van der Waals surface area contributed by atoms with Gasteiger partial charge in [0, 0.05) is 17.5 Å². The van der Waals surface area contributed by atoms with Gasteiger partial charge in [-0.1, -0.05) is 54.2 Å². The number of ether oxygens (including phenoxy) is 2. The van der Waals surface area contributed by atoms with Gasteiger partial charge in [-0.2, -0.15) is 4.98 Å². The SMILES string of the molecule is COc1cccc2c1Oc1nc(-c3ccccc3)nc(SCC(N)=O)c1C2. The van der Waals surface area contributed by atoms with Crippen LogP contribution in [0.4, 0.5) is 0 Å². The third-order valence-electron chi connectivity index (χ3n) is 4.16. The molecule has 136 valence electrons. The van der Waals surface area contributed by atoms with Crippen LogP contribution in [0.5, 0.6) is 17.4 Å². The maximum absolute atomic E-state index is 11.3. The number of aromatic nitrogens is 2. The van der Waals surface area contributed by atoms with Gasteiger partial charge >= 0.3 is 0 Å². The van der Waals surface area contributed by atoms with E-state index < -0.39 is 5.91 Å². The quantitative estimate of drug-likeness (QED) is 0.422. The molecule has 0 spiro atoms. The summed E-state index contributed by atoms with van der Waals surface area (Å²) in [6.45, 7) is 0. The molecule has 0 saturated heterocycles. The van der Waals surface area contributed by atoms with Crippen LogP contribution in [-0.4, -0.2) is 28.7 Å². The lowest BCUT2D eigenvalue weighted by Crippen LogP contribution is -2.15. The van der Waals surface area contributed by atoms with Crippen molar-refractivity contribution in [2.75, 3.05) is 12.9 Å². The zero-order chi connectivity index (χ0) is 18.8. The second-order valence-electron chi connectivity index (χ2n) is 5.98. The molecule has 3 aromatic rings. The van der Waals surface area contributed by atoms with Crippen molar-refractivity contribution in [3.63, 3.8) is 0 Å². The van der Waals surface area contributed by atoms with E-state index in [0.29, 0.717) is 34.7 Å². The molecule has 4 rings (SSSR count). The fourth-order valence-electron chi connectivity index (χ4n) is 2.92. The molecule has 0 saturated carbocycles. The van der Waals surface area contributed by atoms with Gasteiger partial charge in [0.2, 0.25) is 11.8 Å². The Hall–Kier alpha value is -3.06.